The molecule has 2 rings (SSSR count). The van der Waals surface area contributed by atoms with Crippen LogP contribution in [0.15, 0.2) is 43.2 Å². The van der Waals surface area contributed by atoms with E-state index >= 15 is 0 Å². The van der Waals surface area contributed by atoms with Gasteiger partial charge in [0.25, 0.3) is 0 Å². The maximum atomic E-state index is 13.0. The second kappa shape index (κ2) is 5.16. The molecular formula is C12H9F3N4O. The zero-order valence-corrected chi connectivity index (χ0v) is 10.1. The third-order valence-electron chi connectivity index (χ3n) is 2.40. The van der Waals surface area contributed by atoms with Crippen molar-refractivity contribution in [3.8, 4) is 5.69 Å². The van der Waals surface area contributed by atoms with Gasteiger partial charge < -0.3 is 5.32 Å². The van der Waals surface area contributed by atoms with E-state index in [-0.39, 0.29) is 11.4 Å². The van der Waals surface area contributed by atoms with Crippen LogP contribution in [0, 0.1) is 0 Å². The number of anilines is 1. The molecule has 1 aromatic heterocycles. The molecule has 8 heteroatoms. The van der Waals surface area contributed by atoms with Gasteiger partial charge in [-0.15, -0.1) is 0 Å². The largest absolute Gasteiger partial charge is 0.418 e. The van der Waals surface area contributed by atoms with E-state index in [1.54, 1.807) is 0 Å². The van der Waals surface area contributed by atoms with Gasteiger partial charge in [-0.25, -0.2) is 0 Å². The SMILES string of the molecule is C=CC(=O)Nc1ccc(-n2nccn2)cc1C(F)(F)F. The molecule has 0 saturated heterocycles. The van der Waals surface area contributed by atoms with Crippen LogP contribution in [-0.2, 0) is 11.0 Å². The summed E-state index contributed by atoms with van der Waals surface area (Å²) in [6, 6.07) is 3.37. The van der Waals surface area contributed by atoms with Crippen molar-refractivity contribution in [1.82, 2.24) is 15.0 Å². The van der Waals surface area contributed by atoms with Crippen molar-refractivity contribution in [2.75, 3.05) is 5.32 Å². The molecule has 1 amide bonds. The Balaban J connectivity index is 2.48. The van der Waals surface area contributed by atoms with E-state index in [1.807, 2.05) is 0 Å². The topological polar surface area (TPSA) is 59.8 Å². The first-order chi connectivity index (χ1) is 9.41. The summed E-state index contributed by atoms with van der Waals surface area (Å²) in [7, 11) is 0. The number of nitrogens with one attached hydrogen (secondary N) is 1. The van der Waals surface area contributed by atoms with Crippen LogP contribution in [0.1, 0.15) is 5.56 Å². The molecule has 0 spiro atoms. The van der Waals surface area contributed by atoms with Crippen molar-refractivity contribution in [1.29, 1.82) is 0 Å². The van der Waals surface area contributed by atoms with Gasteiger partial charge in [0.2, 0.25) is 5.91 Å². The summed E-state index contributed by atoms with van der Waals surface area (Å²) in [5, 5.41) is 9.61. The van der Waals surface area contributed by atoms with Gasteiger partial charge in [-0.1, -0.05) is 6.58 Å². The van der Waals surface area contributed by atoms with Crippen molar-refractivity contribution >= 4 is 11.6 Å². The molecule has 0 radical (unpaired) electrons. The van der Waals surface area contributed by atoms with E-state index in [0.717, 1.165) is 23.0 Å². The predicted octanol–water partition coefficient (Wildman–Crippen LogP) is 2.41. The van der Waals surface area contributed by atoms with Crippen LogP contribution in [0.2, 0.25) is 0 Å². The molecule has 104 valence electrons. The number of hydrogen-bond acceptors (Lipinski definition) is 3. The highest BCUT2D eigenvalue weighted by Gasteiger charge is 2.34. The number of rotatable bonds is 3. The summed E-state index contributed by atoms with van der Waals surface area (Å²) in [4.78, 5) is 12.2. The lowest BCUT2D eigenvalue weighted by atomic mass is 10.1. The summed E-state index contributed by atoms with van der Waals surface area (Å²) < 4.78 is 39.0. The fourth-order valence-electron chi connectivity index (χ4n) is 1.53. The maximum Gasteiger partial charge on any atom is 0.418 e. The standard InChI is InChI=1S/C12H9F3N4O/c1-2-11(20)18-10-4-3-8(19-16-5-6-17-19)7-9(10)12(13,14)15/h2-7H,1H2,(H,18,20). The Labute approximate surface area is 111 Å². The second-order valence-corrected chi connectivity index (χ2v) is 3.74. The number of amides is 1. The first-order valence-electron chi connectivity index (χ1n) is 5.43. The van der Waals surface area contributed by atoms with Crippen LogP contribution in [-0.4, -0.2) is 20.9 Å². The van der Waals surface area contributed by atoms with Crippen molar-refractivity contribution in [3.05, 3.63) is 48.8 Å². The Bertz CT molecular complexity index is 635. The van der Waals surface area contributed by atoms with E-state index in [0.29, 0.717) is 0 Å². The van der Waals surface area contributed by atoms with E-state index in [9.17, 15) is 18.0 Å². The minimum Gasteiger partial charge on any atom is -0.322 e. The molecule has 0 aliphatic heterocycles. The van der Waals surface area contributed by atoms with Gasteiger partial charge in [0.1, 0.15) is 0 Å². The Morgan fingerprint density at radius 2 is 1.95 bits per heavy atom. The van der Waals surface area contributed by atoms with Crippen LogP contribution in [0.4, 0.5) is 18.9 Å². The first kappa shape index (κ1) is 13.8. The summed E-state index contributed by atoms with van der Waals surface area (Å²) in [6.45, 7) is 3.19. The van der Waals surface area contributed by atoms with Gasteiger partial charge in [0.15, 0.2) is 0 Å². The first-order valence-corrected chi connectivity index (χ1v) is 5.43. The number of nitrogens with zero attached hydrogens (tertiary/aromatic N) is 3. The van der Waals surface area contributed by atoms with Crippen molar-refractivity contribution in [2.24, 2.45) is 0 Å². The Hall–Kier alpha value is -2.64. The number of carbonyl (C=O) groups excluding carboxylic acids is 1. The van der Waals surface area contributed by atoms with E-state index in [2.05, 4.69) is 22.1 Å². The molecule has 5 nitrogen and oxygen atoms in total. The predicted molar refractivity (Wildman–Crippen MR) is 65.2 cm³/mol. The fraction of sp³-hybridized carbons (Fsp3) is 0.0833. The summed E-state index contributed by atoms with van der Waals surface area (Å²) in [5.41, 5.74) is -1.19. The number of halogens is 3. The zero-order chi connectivity index (χ0) is 14.8. The summed E-state index contributed by atoms with van der Waals surface area (Å²) >= 11 is 0. The number of carbonyl (C=O) groups is 1. The molecule has 1 heterocycles. The normalized spacial score (nSPS) is 11.2. The van der Waals surface area contributed by atoms with Gasteiger partial charge in [-0.2, -0.15) is 28.2 Å². The second-order valence-electron chi connectivity index (χ2n) is 3.74. The third kappa shape index (κ3) is 2.85. The molecule has 0 aliphatic rings. The van der Waals surface area contributed by atoms with E-state index in [1.165, 1.54) is 18.5 Å². The van der Waals surface area contributed by atoms with Crippen molar-refractivity contribution in [3.63, 3.8) is 0 Å². The number of alkyl halides is 3. The summed E-state index contributed by atoms with van der Waals surface area (Å²) in [6.07, 6.45) is -1.03. The van der Waals surface area contributed by atoms with Crippen LogP contribution in [0.25, 0.3) is 5.69 Å². The highest BCUT2D eigenvalue weighted by atomic mass is 19.4. The molecule has 1 aromatic carbocycles. The monoisotopic (exact) mass is 282 g/mol. The Kier molecular flexibility index (Phi) is 3.55. The molecule has 0 saturated carbocycles. The van der Waals surface area contributed by atoms with Gasteiger partial charge in [-0.3, -0.25) is 4.79 Å². The number of aromatic nitrogens is 3. The lowest BCUT2D eigenvalue weighted by Gasteiger charge is -2.14. The lowest BCUT2D eigenvalue weighted by molar-refractivity contribution is -0.137. The molecule has 0 bridgehead atoms. The van der Waals surface area contributed by atoms with E-state index < -0.39 is 17.6 Å². The van der Waals surface area contributed by atoms with Gasteiger partial charge in [-0.05, 0) is 24.3 Å². The highest BCUT2D eigenvalue weighted by Crippen LogP contribution is 2.36. The molecule has 20 heavy (non-hydrogen) atoms. The molecule has 0 unspecified atom stereocenters. The molecule has 0 fully saturated rings. The van der Waals surface area contributed by atoms with Gasteiger partial charge in [0, 0.05) is 0 Å². The van der Waals surface area contributed by atoms with Gasteiger partial charge in [0.05, 0.1) is 29.3 Å². The van der Waals surface area contributed by atoms with Crippen LogP contribution >= 0.6 is 0 Å². The summed E-state index contributed by atoms with van der Waals surface area (Å²) in [5.74, 6) is -0.722. The minimum absolute atomic E-state index is 0.138. The van der Waals surface area contributed by atoms with Crippen LogP contribution in [0.3, 0.4) is 0 Å². The quantitative estimate of drug-likeness (QED) is 0.879. The maximum absolute atomic E-state index is 13.0. The molecule has 1 N–H and O–H groups in total. The highest BCUT2D eigenvalue weighted by molar-refractivity contribution is 5.99. The van der Waals surface area contributed by atoms with Crippen LogP contribution in [0.5, 0.6) is 0 Å². The number of hydrogen-bond donors (Lipinski definition) is 1. The third-order valence-corrected chi connectivity index (χ3v) is 2.40. The van der Waals surface area contributed by atoms with E-state index in [4.69, 9.17) is 0 Å². The molecule has 0 aliphatic carbocycles. The minimum atomic E-state index is -4.62. The Morgan fingerprint density at radius 3 is 2.50 bits per heavy atom. The smallest absolute Gasteiger partial charge is 0.322 e. The van der Waals surface area contributed by atoms with Gasteiger partial charge >= 0.3 is 6.18 Å². The Morgan fingerprint density at radius 1 is 1.30 bits per heavy atom. The lowest BCUT2D eigenvalue weighted by Crippen LogP contribution is -2.15. The average Bonchev–Trinajstić information content (AvgIpc) is 2.91. The average molecular weight is 282 g/mol. The molecule has 2 aromatic rings. The van der Waals surface area contributed by atoms with Crippen LogP contribution < -0.4 is 5.32 Å². The zero-order valence-electron chi connectivity index (χ0n) is 10.1. The number of benzene rings is 1. The molecule has 0 atom stereocenters. The molecular weight excluding hydrogens is 273 g/mol. The van der Waals surface area contributed by atoms with Crippen molar-refractivity contribution < 1.29 is 18.0 Å². The fourth-order valence-corrected chi connectivity index (χ4v) is 1.53. The van der Waals surface area contributed by atoms with Crippen molar-refractivity contribution in [2.45, 2.75) is 6.18 Å².